The van der Waals surface area contributed by atoms with Crippen LogP contribution in [0.25, 0.3) is 5.69 Å². The minimum absolute atomic E-state index is 0.0675. The molecule has 1 saturated carbocycles. The van der Waals surface area contributed by atoms with Crippen molar-refractivity contribution in [2.24, 2.45) is 5.92 Å². The first-order chi connectivity index (χ1) is 12.6. The van der Waals surface area contributed by atoms with Crippen molar-refractivity contribution in [3.05, 3.63) is 42.2 Å². The van der Waals surface area contributed by atoms with Crippen molar-refractivity contribution in [2.45, 2.75) is 32.2 Å². The molecule has 1 saturated heterocycles. The van der Waals surface area contributed by atoms with E-state index in [2.05, 4.69) is 15.7 Å². The van der Waals surface area contributed by atoms with Gasteiger partial charge < -0.3 is 15.5 Å². The van der Waals surface area contributed by atoms with E-state index in [1.54, 1.807) is 9.58 Å². The Labute approximate surface area is 152 Å². The number of rotatable bonds is 4. The molecule has 0 unspecified atom stereocenters. The van der Waals surface area contributed by atoms with E-state index in [0.717, 1.165) is 30.6 Å². The summed E-state index contributed by atoms with van der Waals surface area (Å²) in [6, 6.07) is 9.40. The molecule has 7 nitrogen and oxygen atoms in total. The molecular formula is C19H23N5O2. The maximum atomic E-state index is 12.5. The fraction of sp³-hybridized carbons (Fsp3) is 0.421. The van der Waals surface area contributed by atoms with Gasteiger partial charge in [-0.1, -0.05) is 18.6 Å². The normalized spacial score (nSPS) is 17.3. The van der Waals surface area contributed by atoms with Gasteiger partial charge in [0.2, 0.25) is 5.91 Å². The number of hydrogen-bond acceptors (Lipinski definition) is 3. The van der Waals surface area contributed by atoms with Crippen LogP contribution in [0.1, 0.15) is 25.0 Å². The molecule has 7 heteroatoms. The molecule has 1 aliphatic carbocycles. The lowest BCUT2D eigenvalue weighted by atomic mass is 9.84. The summed E-state index contributed by atoms with van der Waals surface area (Å²) in [4.78, 5) is 26.2. The van der Waals surface area contributed by atoms with Gasteiger partial charge in [0.25, 0.3) is 0 Å². The second-order valence-electron chi connectivity index (χ2n) is 7.09. The second kappa shape index (κ2) is 6.82. The molecule has 0 bridgehead atoms. The van der Waals surface area contributed by atoms with Crippen LogP contribution in [0.2, 0.25) is 0 Å². The second-order valence-corrected chi connectivity index (χ2v) is 7.09. The summed E-state index contributed by atoms with van der Waals surface area (Å²) in [5.74, 6) is 0.322. The van der Waals surface area contributed by atoms with Gasteiger partial charge in [0.1, 0.15) is 0 Å². The number of amides is 3. The Morgan fingerprint density at radius 2 is 1.92 bits per heavy atom. The Morgan fingerprint density at radius 1 is 1.15 bits per heavy atom. The lowest BCUT2D eigenvalue weighted by Crippen LogP contribution is -2.62. The number of benzene rings is 1. The molecule has 1 aliphatic heterocycles. The summed E-state index contributed by atoms with van der Waals surface area (Å²) in [6.45, 7) is 3.02. The van der Waals surface area contributed by atoms with E-state index in [4.69, 9.17) is 0 Å². The van der Waals surface area contributed by atoms with E-state index in [1.807, 2.05) is 43.5 Å². The Bertz CT molecular complexity index is 821. The Balaban J connectivity index is 1.34. The minimum atomic E-state index is -0.157. The van der Waals surface area contributed by atoms with Crippen LogP contribution in [0.3, 0.4) is 0 Å². The van der Waals surface area contributed by atoms with Gasteiger partial charge in [0, 0.05) is 25.2 Å². The monoisotopic (exact) mass is 353 g/mol. The Morgan fingerprint density at radius 3 is 2.58 bits per heavy atom. The highest BCUT2D eigenvalue weighted by atomic mass is 16.2. The number of aryl methyl sites for hydroxylation is 1. The summed E-state index contributed by atoms with van der Waals surface area (Å²) in [6.07, 6.45) is 5.00. The summed E-state index contributed by atoms with van der Waals surface area (Å²) in [5, 5.41) is 10.4. The molecule has 0 radical (unpaired) electrons. The number of likely N-dealkylation sites (tertiary alicyclic amines) is 1. The molecule has 2 fully saturated rings. The number of aromatic nitrogens is 2. The summed E-state index contributed by atoms with van der Waals surface area (Å²) < 4.78 is 1.75. The van der Waals surface area contributed by atoms with E-state index in [1.165, 1.54) is 0 Å². The Hall–Kier alpha value is -2.83. The molecule has 2 aromatic rings. The fourth-order valence-corrected chi connectivity index (χ4v) is 3.25. The average Bonchev–Trinajstić information content (AvgIpc) is 2.95. The van der Waals surface area contributed by atoms with Gasteiger partial charge in [-0.05, 0) is 38.0 Å². The number of para-hydroxylation sites is 2. The van der Waals surface area contributed by atoms with Crippen molar-refractivity contribution >= 4 is 17.6 Å². The van der Waals surface area contributed by atoms with Gasteiger partial charge in [0.05, 0.1) is 23.1 Å². The zero-order valence-electron chi connectivity index (χ0n) is 14.8. The van der Waals surface area contributed by atoms with Gasteiger partial charge in [-0.2, -0.15) is 5.10 Å². The van der Waals surface area contributed by atoms with Crippen LogP contribution >= 0.6 is 0 Å². The maximum absolute atomic E-state index is 12.5. The number of urea groups is 1. The summed E-state index contributed by atoms with van der Waals surface area (Å²) in [7, 11) is 0. The van der Waals surface area contributed by atoms with E-state index in [9.17, 15) is 9.59 Å². The van der Waals surface area contributed by atoms with Crippen molar-refractivity contribution in [1.29, 1.82) is 0 Å². The average molecular weight is 353 g/mol. The molecule has 26 heavy (non-hydrogen) atoms. The van der Waals surface area contributed by atoms with Crippen LogP contribution < -0.4 is 10.6 Å². The summed E-state index contributed by atoms with van der Waals surface area (Å²) in [5.41, 5.74) is 2.45. The number of nitrogens with one attached hydrogen (secondary N) is 2. The lowest BCUT2D eigenvalue weighted by molar-refractivity contribution is -0.129. The largest absolute Gasteiger partial charge is 0.350 e. The SMILES string of the molecule is Cc1ccn(-c2ccccc2NC(=O)N2CC(NC(=O)C3CCC3)C2)n1. The van der Waals surface area contributed by atoms with E-state index < -0.39 is 0 Å². The summed E-state index contributed by atoms with van der Waals surface area (Å²) >= 11 is 0. The van der Waals surface area contributed by atoms with Gasteiger partial charge in [0.15, 0.2) is 0 Å². The van der Waals surface area contributed by atoms with Crippen molar-refractivity contribution < 1.29 is 9.59 Å². The lowest BCUT2D eigenvalue weighted by Gasteiger charge is -2.40. The topological polar surface area (TPSA) is 79.3 Å². The smallest absolute Gasteiger partial charge is 0.322 e. The van der Waals surface area contributed by atoms with Crippen LogP contribution in [-0.2, 0) is 4.79 Å². The predicted molar refractivity (Wildman–Crippen MR) is 98.2 cm³/mol. The number of carbonyl (C=O) groups excluding carboxylic acids is 2. The molecule has 2 heterocycles. The van der Waals surface area contributed by atoms with Crippen LogP contribution in [-0.4, -0.2) is 45.8 Å². The highest BCUT2D eigenvalue weighted by Crippen LogP contribution is 2.27. The third kappa shape index (κ3) is 3.29. The molecule has 136 valence electrons. The molecule has 1 aromatic heterocycles. The zero-order chi connectivity index (χ0) is 18.1. The van der Waals surface area contributed by atoms with Crippen LogP contribution in [0.4, 0.5) is 10.5 Å². The van der Waals surface area contributed by atoms with Crippen molar-refractivity contribution in [3.8, 4) is 5.69 Å². The highest BCUT2D eigenvalue weighted by molar-refractivity contribution is 5.92. The standard InChI is InChI=1S/C19H23N5O2/c1-13-9-10-24(22-13)17-8-3-2-7-16(17)21-19(26)23-11-15(12-23)20-18(25)14-5-4-6-14/h2-3,7-10,14-15H,4-6,11-12H2,1H3,(H,20,25)(H,21,26). The van der Waals surface area contributed by atoms with E-state index >= 15 is 0 Å². The third-order valence-corrected chi connectivity index (χ3v) is 5.11. The van der Waals surface area contributed by atoms with E-state index in [0.29, 0.717) is 18.8 Å². The number of carbonyl (C=O) groups is 2. The van der Waals surface area contributed by atoms with Crippen LogP contribution in [0.15, 0.2) is 36.5 Å². The molecule has 3 amide bonds. The first kappa shape index (κ1) is 16.6. The zero-order valence-corrected chi connectivity index (χ0v) is 14.8. The van der Waals surface area contributed by atoms with Gasteiger partial charge in [-0.15, -0.1) is 0 Å². The Kier molecular flexibility index (Phi) is 4.36. The quantitative estimate of drug-likeness (QED) is 0.885. The van der Waals surface area contributed by atoms with Gasteiger partial charge >= 0.3 is 6.03 Å². The molecular weight excluding hydrogens is 330 g/mol. The molecule has 1 aromatic carbocycles. The van der Waals surface area contributed by atoms with Gasteiger partial charge in [-0.25, -0.2) is 9.48 Å². The molecule has 0 atom stereocenters. The van der Waals surface area contributed by atoms with E-state index in [-0.39, 0.29) is 23.9 Å². The maximum Gasteiger partial charge on any atom is 0.322 e. The predicted octanol–water partition coefficient (Wildman–Crippen LogP) is 2.31. The van der Waals surface area contributed by atoms with Crippen LogP contribution in [0, 0.1) is 12.8 Å². The number of nitrogens with zero attached hydrogens (tertiary/aromatic N) is 3. The first-order valence-corrected chi connectivity index (χ1v) is 9.08. The van der Waals surface area contributed by atoms with Crippen LogP contribution in [0.5, 0.6) is 0 Å². The molecule has 0 spiro atoms. The number of anilines is 1. The fourth-order valence-electron chi connectivity index (χ4n) is 3.25. The first-order valence-electron chi connectivity index (χ1n) is 9.08. The minimum Gasteiger partial charge on any atom is -0.350 e. The van der Waals surface area contributed by atoms with Crippen molar-refractivity contribution in [2.75, 3.05) is 18.4 Å². The van der Waals surface area contributed by atoms with Crippen molar-refractivity contribution in [1.82, 2.24) is 20.0 Å². The molecule has 2 N–H and O–H groups in total. The number of hydrogen-bond donors (Lipinski definition) is 2. The van der Waals surface area contributed by atoms with Gasteiger partial charge in [-0.3, -0.25) is 4.79 Å². The highest BCUT2D eigenvalue weighted by Gasteiger charge is 2.34. The van der Waals surface area contributed by atoms with Crippen molar-refractivity contribution in [3.63, 3.8) is 0 Å². The molecule has 2 aliphatic rings. The molecule has 4 rings (SSSR count). The third-order valence-electron chi connectivity index (χ3n) is 5.11.